The number of Topliss-reactive ketones (excluding diaryl/α,β-unsaturated/α-hetero) is 1. The third-order valence-corrected chi connectivity index (χ3v) is 11.6. The Hall–Kier alpha value is -3.63. The number of esters is 1. The molecule has 1 aromatic carbocycles. The lowest BCUT2D eigenvalue weighted by Crippen LogP contribution is -2.63. The number of fused-ring (bicyclic) bond motifs is 5. The number of anilines is 1. The van der Waals surface area contributed by atoms with Crippen LogP contribution >= 0.6 is 23.4 Å². The first-order chi connectivity index (χ1) is 25.3. The van der Waals surface area contributed by atoms with Crippen LogP contribution in [0.3, 0.4) is 0 Å². The van der Waals surface area contributed by atoms with Gasteiger partial charge >= 0.3 is 12.1 Å². The Morgan fingerprint density at radius 2 is 1.93 bits per heavy atom. The molecule has 0 radical (unpaired) electrons. The lowest BCUT2D eigenvalue weighted by molar-refractivity contribution is -0.166. The molecule has 54 heavy (non-hydrogen) atoms. The first-order valence-corrected chi connectivity index (χ1v) is 19.5. The van der Waals surface area contributed by atoms with E-state index in [2.05, 4.69) is 5.32 Å². The summed E-state index contributed by atoms with van der Waals surface area (Å²) < 4.78 is 29.4. The number of ether oxygens (including phenoxy) is 5. The van der Waals surface area contributed by atoms with E-state index in [-0.39, 0.29) is 23.6 Å². The molecule has 4 bridgehead atoms. The number of epoxide rings is 1. The highest BCUT2D eigenvalue weighted by Gasteiger charge is 2.67. The van der Waals surface area contributed by atoms with Gasteiger partial charge in [-0.1, -0.05) is 42.3 Å². The summed E-state index contributed by atoms with van der Waals surface area (Å²) in [6.07, 6.45) is 2.09. The molecule has 4 rings (SSSR count). The van der Waals surface area contributed by atoms with Crippen molar-refractivity contribution in [1.29, 1.82) is 0 Å². The van der Waals surface area contributed by atoms with Crippen molar-refractivity contribution in [2.75, 3.05) is 45.2 Å². The van der Waals surface area contributed by atoms with Crippen LogP contribution in [0.15, 0.2) is 35.9 Å². The average molecular weight is 794 g/mol. The second kappa shape index (κ2) is 17.4. The van der Waals surface area contributed by atoms with Gasteiger partial charge in [0.2, 0.25) is 11.8 Å². The van der Waals surface area contributed by atoms with Gasteiger partial charge in [0.1, 0.15) is 46.3 Å². The zero-order chi connectivity index (χ0) is 40.3. The molecule has 0 saturated carbocycles. The largest absolute Gasteiger partial charge is 0.495 e. The van der Waals surface area contributed by atoms with Crippen LogP contribution in [0.4, 0.5) is 10.5 Å². The molecule has 2 unspecified atom stereocenters. The molecule has 3 amide bonds. The van der Waals surface area contributed by atoms with Crippen LogP contribution in [0.5, 0.6) is 5.75 Å². The van der Waals surface area contributed by atoms with E-state index in [0.717, 1.165) is 11.1 Å². The number of allylic oxidation sites excluding steroid dienone is 3. The van der Waals surface area contributed by atoms with Crippen molar-refractivity contribution in [2.24, 2.45) is 11.8 Å². The average Bonchev–Trinajstić information content (AvgIpc) is 3.82. The fraction of sp³-hybridized carbons (Fsp3) is 0.605. The Bertz CT molecular complexity index is 1690. The Balaban J connectivity index is 1.94. The Morgan fingerprint density at radius 1 is 1.24 bits per heavy atom. The SMILES string of the molecule is COc1cc2cc(c1Cl)N(C)C(=O)C(C(=O)CCSC)[C@H](OC(=O)[C@H](C)N(C)C(C)=O)[C@]1(C)O[C@H]1[C@H](C)[C@@H]1C[C@@](O)(NC(=O)O1)C(OC)/C=C/C=C(\C)C2. The minimum atomic E-state index is -1.89. The smallest absolute Gasteiger partial charge is 0.409 e. The topological polar surface area (TPSA) is 174 Å². The monoisotopic (exact) mass is 793 g/mol. The molecule has 16 heteroatoms. The molecule has 0 aliphatic carbocycles. The lowest BCUT2D eigenvalue weighted by atomic mass is 9.79. The van der Waals surface area contributed by atoms with Gasteiger partial charge in [0.15, 0.2) is 11.8 Å². The van der Waals surface area contributed by atoms with Crippen molar-refractivity contribution in [3.63, 3.8) is 0 Å². The number of amides is 3. The molecule has 1 aromatic rings. The van der Waals surface area contributed by atoms with Crippen molar-refractivity contribution < 1.29 is 52.8 Å². The van der Waals surface area contributed by atoms with Gasteiger partial charge in [-0.15, -0.1) is 0 Å². The number of likely N-dealkylation sites (N-methyl/N-ethyl adjacent to an activating group) is 1. The summed E-state index contributed by atoms with van der Waals surface area (Å²) in [6.45, 7) is 8.03. The van der Waals surface area contributed by atoms with Gasteiger partial charge in [0, 0.05) is 46.9 Å². The van der Waals surface area contributed by atoms with E-state index >= 15 is 0 Å². The summed E-state index contributed by atoms with van der Waals surface area (Å²) in [5, 5.41) is 14.4. The fourth-order valence-corrected chi connectivity index (χ4v) is 7.79. The number of hydrogen-bond donors (Lipinski definition) is 2. The number of carbonyl (C=O) groups is 5. The second-order valence-corrected chi connectivity index (χ2v) is 15.8. The Morgan fingerprint density at radius 3 is 2.54 bits per heavy atom. The zero-order valence-electron chi connectivity index (χ0n) is 32.5. The quantitative estimate of drug-likeness (QED) is 0.209. The summed E-state index contributed by atoms with van der Waals surface area (Å²) in [5.74, 6) is -4.05. The van der Waals surface area contributed by atoms with E-state index in [9.17, 15) is 29.1 Å². The van der Waals surface area contributed by atoms with E-state index in [1.165, 1.54) is 63.7 Å². The number of aliphatic hydroxyl groups is 1. The molecule has 3 heterocycles. The fourth-order valence-electron chi connectivity index (χ4n) is 7.08. The molecule has 0 aromatic heterocycles. The van der Waals surface area contributed by atoms with Crippen LogP contribution in [-0.2, 0) is 44.5 Å². The number of rotatable bonds is 9. The molecule has 2 fully saturated rings. The van der Waals surface area contributed by atoms with Crippen LogP contribution < -0.4 is 15.0 Å². The number of hydrogen-bond acceptors (Lipinski definition) is 12. The molecular formula is C38H52ClN3O11S. The molecule has 298 valence electrons. The Kier molecular flexibility index (Phi) is 13.9. The zero-order valence-corrected chi connectivity index (χ0v) is 34.0. The van der Waals surface area contributed by atoms with Crippen LogP contribution in [0, 0.1) is 11.8 Å². The van der Waals surface area contributed by atoms with Crippen LogP contribution in [0.1, 0.15) is 53.0 Å². The van der Waals surface area contributed by atoms with E-state index in [1.54, 1.807) is 38.1 Å². The first-order valence-electron chi connectivity index (χ1n) is 17.7. The maximum absolute atomic E-state index is 14.9. The minimum Gasteiger partial charge on any atom is -0.495 e. The van der Waals surface area contributed by atoms with E-state index in [4.69, 9.17) is 35.3 Å². The number of benzene rings is 1. The summed E-state index contributed by atoms with van der Waals surface area (Å²) in [5.41, 5.74) is -1.49. The van der Waals surface area contributed by atoms with Gasteiger partial charge in [-0.25, -0.2) is 9.59 Å². The number of nitrogens with zero attached hydrogens (tertiary/aromatic N) is 2. The van der Waals surface area contributed by atoms with Gasteiger partial charge < -0.3 is 38.6 Å². The third kappa shape index (κ3) is 9.07. The van der Waals surface area contributed by atoms with Crippen molar-refractivity contribution in [1.82, 2.24) is 10.2 Å². The number of carbonyl (C=O) groups excluding carboxylic acids is 5. The normalized spacial score (nSPS) is 32.1. The number of halogens is 1. The molecule has 2 N–H and O–H groups in total. The third-order valence-electron chi connectivity index (χ3n) is 10.6. The van der Waals surface area contributed by atoms with E-state index < -0.39 is 83.3 Å². The highest BCUT2D eigenvalue weighted by Crippen LogP contribution is 2.50. The Labute approximate surface area is 325 Å². The van der Waals surface area contributed by atoms with Crippen molar-refractivity contribution in [2.45, 2.75) is 95.7 Å². The molecular weight excluding hydrogens is 742 g/mol. The number of nitrogens with one attached hydrogen (secondary N) is 1. The predicted octanol–water partition coefficient (Wildman–Crippen LogP) is 4.08. The van der Waals surface area contributed by atoms with Gasteiger partial charge in [-0.3, -0.25) is 19.7 Å². The number of ketones is 1. The van der Waals surface area contributed by atoms with Crippen LogP contribution in [0.2, 0.25) is 5.02 Å². The van der Waals surface area contributed by atoms with Crippen molar-refractivity contribution in [3.05, 3.63) is 46.5 Å². The standard InChI is InChI=1S/C38H52ClN3O11S/c1-20-12-11-13-29(50-9)38(48)19-28(51-36(47)40-38)21(2)32-37(5,53-32)33(52-35(46)22(3)41(6)23(4)43)30(26(44)14-15-54-10)34(45)42(7)25-17-24(16-20)18-27(49-8)31(25)39/h11-13,17-18,21-22,28-30,32-33,48H,14-16,19H2,1-10H3,(H,40,47)/b13-11+,20-12+/t21-,22+,28+,29?,30?,32+,33+,37-,38+/m1/s1. The number of alkyl carbamates (subject to hydrolysis) is 1. The lowest BCUT2D eigenvalue weighted by Gasteiger charge is -2.42. The van der Waals surface area contributed by atoms with E-state index in [0.29, 0.717) is 17.9 Å². The molecule has 3 aliphatic heterocycles. The van der Waals surface area contributed by atoms with E-state index in [1.807, 2.05) is 19.3 Å². The molecule has 9 atom stereocenters. The van der Waals surface area contributed by atoms with Gasteiger partial charge in [-0.2, -0.15) is 11.8 Å². The van der Waals surface area contributed by atoms with Gasteiger partial charge in [0.25, 0.3) is 0 Å². The van der Waals surface area contributed by atoms with Crippen molar-refractivity contribution >= 4 is 58.7 Å². The van der Waals surface area contributed by atoms with Crippen LogP contribution in [-0.4, -0.2) is 122 Å². The number of methoxy groups -OCH3 is 2. The van der Waals surface area contributed by atoms with Gasteiger partial charge in [-0.05, 0) is 56.9 Å². The highest BCUT2D eigenvalue weighted by atomic mass is 35.5. The minimum absolute atomic E-state index is 0.0376. The van der Waals surface area contributed by atoms with Crippen LogP contribution in [0.25, 0.3) is 0 Å². The first kappa shape index (κ1) is 43.1. The van der Waals surface area contributed by atoms with Crippen molar-refractivity contribution in [3.8, 4) is 5.75 Å². The molecule has 2 saturated heterocycles. The molecule has 3 aliphatic rings. The number of thioether (sulfide) groups is 1. The predicted molar refractivity (Wildman–Crippen MR) is 204 cm³/mol. The summed E-state index contributed by atoms with van der Waals surface area (Å²) in [7, 11) is 5.78. The molecule has 0 spiro atoms. The summed E-state index contributed by atoms with van der Waals surface area (Å²) in [6, 6.07) is 2.39. The summed E-state index contributed by atoms with van der Waals surface area (Å²) in [4.78, 5) is 70.6. The maximum atomic E-state index is 14.9. The highest BCUT2D eigenvalue weighted by molar-refractivity contribution is 7.98. The second-order valence-electron chi connectivity index (χ2n) is 14.4. The molecule has 14 nitrogen and oxygen atoms in total. The maximum Gasteiger partial charge on any atom is 0.409 e. The van der Waals surface area contributed by atoms with Gasteiger partial charge in [0.05, 0.1) is 18.9 Å². The summed E-state index contributed by atoms with van der Waals surface area (Å²) >= 11 is 8.24.